The first-order chi connectivity index (χ1) is 9.88. The van der Waals surface area contributed by atoms with E-state index in [9.17, 15) is 4.39 Å². The predicted octanol–water partition coefficient (Wildman–Crippen LogP) is 4.59. The van der Waals surface area contributed by atoms with Gasteiger partial charge >= 0.3 is 0 Å². The minimum absolute atomic E-state index is 0.0492. The van der Waals surface area contributed by atoms with Crippen molar-refractivity contribution in [1.29, 1.82) is 0 Å². The van der Waals surface area contributed by atoms with Crippen LogP contribution >= 0.6 is 23.8 Å². The van der Waals surface area contributed by atoms with Crippen LogP contribution in [-0.4, -0.2) is 4.99 Å². The zero-order valence-corrected chi connectivity index (χ0v) is 13.4. The number of aryl methyl sites for hydroxylation is 1. The molecule has 0 aliphatic carbocycles. The van der Waals surface area contributed by atoms with Gasteiger partial charge in [0.05, 0.1) is 5.02 Å². The van der Waals surface area contributed by atoms with Crippen molar-refractivity contribution in [3.63, 3.8) is 0 Å². The fourth-order valence-electron chi connectivity index (χ4n) is 2.02. The predicted molar refractivity (Wildman–Crippen MR) is 90.5 cm³/mol. The van der Waals surface area contributed by atoms with E-state index in [0.717, 1.165) is 11.3 Å². The number of hydrogen-bond donors (Lipinski definition) is 2. The summed E-state index contributed by atoms with van der Waals surface area (Å²) in [7, 11) is 0. The third kappa shape index (κ3) is 3.71. The molecule has 0 amide bonds. The Balaban J connectivity index is 2.19. The quantitative estimate of drug-likeness (QED) is 0.808. The van der Waals surface area contributed by atoms with Crippen molar-refractivity contribution in [2.24, 2.45) is 5.73 Å². The SMILES string of the molecule is Cc1ccc(C(C)Nc2ccc(C(N)=S)c(Cl)c2)cc1F. The van der Waals surface area contributed by atoms with Gasteiger partial charge in [0.2, 0.25) is 0 Å². The highest BCUT2D eigenvalue weighted by atomic mass is 35.5. The van der Waals surface area contributed by atoms with Crippen molar-refractivity contribution in [2.45, 2.75) is 19.9 Å². The minimum atomic E-state index is -0.206. The normalized spacial score (nSPS) is 12.0. The second kappa shape index (κ2) is 6.41. The lowest BCUT2D eigenvalue weighted by Gasteiger charge is -2.17. The van der Waals surface area contributed by atoms with Crippen LogP contribution in [-0.2, 0) is 0 Å². The number of anilines is 1. The molecule has 1 unspecified atom stereocenters. The average molecular weight is 323 g/mol. The lowest BCUT2D eigenvalue weighted by molar-refractivity contribution is 0.614. The Labute approximate surface area is 134 Å². The number of nitrogens with two attached hydrogens (primary N) is 1. The molecule has 3 N–H and O–H groups in total. The molecule has 0 saturated carbocycles. The Hall–Kier alpha value is -1.65. The first kappa shape index (κ1) is 15.7. The van der Waals surface area contributed by atoms with Crippen molar-refractivity contribution < 1.29 is 4.39 Å². The zero-order valence-electron chi connectivity index (χ0n) is 11.8. The van der Waals surface area contributed by atoms with Gasteiger partial charge in [-0.25, -0.2) is 4.39 Å². The Morgan fingerprint density at radius 1 is 1.29 bits per heavy atom. The van der Waals surface area contributed by atoms with E-state index in [1.807, 2.05) is 19.1 Å². The van der Waals surface area contributed by atoms with Crippen molar-refractivity contribution >= 4 is 34.5 Å². The summed E-state index contributed by atoms with van der Waals surface area (Å²) in [5.74, 6) is -0.206. The standard InChI is InChI=1S/C16H16ClFN2S/c1-9-3-4-11(7-15(9)18)10(2)20-12-5-6-13(16(19)21)14(17)8-12/h3-8,10,20H,1-2H3,(H2,19,21). The van der Waals surface area contributed by atoms with Crippen molar-refractivity contribution in [2.75, 3.05) is 5.32 Å². The summed E-state index contributed by atoms with van der Waals surface area (Å²) in [6.45, 7) is 3.70. The van der Waals surface area contributed by atoms with Crippen LogP contribution in [0.25, 0.3) is 0 Å². The summed E-state index contributed by atoms with van der Waals surface area (Å²) in [5.41, 5.74) is 8.55. The van der Waals surface area contributed by atoms with E-state index >= 15 is 0 Å². The number of rotatable bonds is 4. The lowest BCUT2D eigenvalue weighted by atomic mass is 10.1. The van der Waals surface area contributed by atoms with Gasteiger partial charge in [-0.3, -0.25) is 0 Å². The summed E-state index contributed by atoms with van der Waals surface area (Å²) in [5, 5.41) is 3.77. The van der Waals surface area contributed by atoms with Crippen LogP contribution in [0, 0.1) is 12.7 Å². The van der Waals surface area contributed by atoms with Crippen LogP contribution in [0.15, 0.2) is 36.4 Å². The Kier molecular flexibility index (Phi) is 4.80. The Morgan fingerprint density at radius 2 is 2.00 bits per heavy atom. The number of nitrogens with one attached hydrogen (secondary N) is 1. The maximum atomic E-state index is 13.6. The molecule has 0 fully saturated rings. The van der Waals surface area contributed by atoms with E-state index in [4.69, 9.17) is 29.6 Å². The molecule has 2 nitrogen and oxygen atoms in total. The van der Waals surface area contributed by atoms with Crippen LogP contribution in [0.3, 0.4) is 0 Å². The van der Waals surface area contributed by atoms with Gasteiger partial charge < -0.3 is 11.1 Å². The van der Waals surface area contributed by atoms with E-state index in [2.05, 4.69) is 5.32 Å². The van der Waals surface area contributed by atoms with Gasteiger partial charge in [-0.05, 0) is 49.2 Å². The average Bonchev–Trinajstić information content (AvgIpc) is 2.41. The molecule has 110 valence electrons. The van der Waals surface area contributed by atoms with E-state index in [-0.39, 0.29) is 16.8 Å². The van der Waals surface area contributed by atoms with Gasteiger partial charge in [0.1, 0.15) is 10.8 Å². The molecule has 0 spiro atoms. The van der Waals surface area contributed by atoms with Gasteiger partial charge in [0, 0.05) is 17.3 Å². The minimum Gasteiger partial charge on any atom is -0.389 e. The van der Waals surface area contributed by atoms with Gasteiger partial charge in [-0.1, -0.05) is 36.0 Å². The number of halogens is 2. The van der Waals surface area contributed by atoms with Gasteiger partial charge in [-0.2, -0.15) is 0 Å². The molecule has 1 atom stereocenters. The van der Waals surface area contributed by atoms with Crippen molar-refractivity contribution in [3.05, 3.63) is 63.9 Å². The van der Waals surface area contributed by atoms with Crippen molar-refractivity contribution in [1.82, 2.24) is 0 Å². The molecular formula is C16H16ClFN2S. The molecule has 0 bridgehead atoms. The van der Waals surface area contributed by atoms with Crippen LogP contribution in [0.1, 0.15) is 29.7 Å². The summed E-state index contributed by atoms with van der Waals surface area (Å²) in [4.78, 5) is 0.264. The van der Waals surface area contributed by atoms with Gasteiger partial charge in [0.15, 0.2) is 0 Å². The van der Waals surface area contributed by atoms with E-state index in [1.165, 1.54) is 6.07 Å². The van der Waals surface area contributed by atoms with Gasteiger partial charge in [0.25, 0.3) is 0 Å². The molecule has 21 heavy (non-hydrogen) atoms. The van der Waals surface area contributed by atoms with Crippen LogP contribution < -0.4 is 11.1 Å². The third-order valence-electron chi connectivity index (χ3n) is 3.31. The molecule has 2 aromatic rings. The molecule has 0 aliphatic heterocycles. The Morgan fingerprint density at radius 3 is 2.57 bits per heavy atom. The van der Waals surface area contributed by atoms with Crippen LogP contribution in [0.5, 0.6) is 0 Å². The van der Waals surface area contributed by atoms with Crippen LogP contribution in [0.2, 0.25) is 5.02 Å². The molecule has 0 aliphatic rings. The molecule has 0 aromatic heterocycles. The third-order valence-corrected chi connectivity index (χ3v) is 3.85. The molecule has 5 heteroatoms. The molecule has 0 radical (unpaired) electrons. The molecule has 2 rings (SSSR count). The zero-order chi connectivity index (χ0) is 15.6. The Bertz CT molecular complexity index is 688. The molecular weight excluding hydrogens is 307 g/mol. The highest BCUT2D eigenvalue weighted by Gasteiger charge is 2.10. The molecule has 2 aromatic carbocycles. The first-order valence-corrected chi connectivity index (χ1v) is 7.29. The smallest absolute Gasteiger partial charge is 0.126 e. The summed E-state index contributed by atoms with van der Waals surface area (Å²) >= 11 is 11.0. The topological polar surface area (TPSA) is 38.0 Å². The maximum Gasteiger partial charge on any atom is 0.126 e. The summed E-state index contributed by atoms with van der Waals surface area (Å²) in [6.07, 6.45) is 0. The molecule has 0 saturated heterocycles. The van der Waals surface area contributed by atoms with E-state index in [1.54, 1.807) is 25.1 Å². The highest BCUT2D eigenvalue weighted by molar-refractivity contribution is 7.80. The number of thiocarbonyl (C=S) groups is 1. The fourth-order valence-corrected chi connectivity index (χ4v) is 2.53. The van der Waals surface area contributed by atoms with Gasteiger partial charge in [-0.15, -0.1) is 0 Å². The monoisotopic (exact) mass is 322 g/mol. The number of hydrogen-bond acceptors (Lipinski definition) is 2. The first-order valence-electron chi connectivity index (χ1n) is 6.50. The van der Waals surface area contributed by atoms with Crippen molar-refractivity contribution in [3.8, 4) is 0 Å². The second-order valence-electron chi connectivity index (χ2n) is 4.93. The second-order valence-corrected chi connectivity index (χ2v) is 5.78. The number of benzene rings is 2. The fraction of sp³-hybridized carbons (Fsp3) is 0.188. The maximum absolute atomic E-state index is 13.6. The summed E-state index contributed by atoms with van der Waals surface area (Å²) in [6, 6.07) is 10.5. The largest absolute Gasteiger partial charge is 0.389 e. The summed E-state index contributed by atoms with van der Waals surface area (Å²) < 4.78 is 13.6. The highest BCUT2D eigenvalue weighted by Crippen LogP contribution is 2.25. The molecule has 0 heterocycles. The lowest BCUT2D eigenvalue weighted by Crippen LogP contribution is -2.11. The van der Waals surface area contributed by atoms with Crippen LogP contribution in [0.4, 0.5) is 10.1 Å². The van der Waals surface area contributed by atoms with E-state index in [0.29, 0.717) is 16.1 Å². The van der Waals surface area contributed by atoms with E-state index < -0.39 is 0 Å².